The van der Waals surface area contributed by atoms with Crippen LogP contribution in [0, 0.1) is 0 Å². The minimum atomic E-state index is -3.21. The fourth-order valence-electron chi connectivity index (χ4n) is 5.21. The first kappa shape index (κ1) is 26.1. The lowest BCUT2D eigenvalue weighted by Gasteiger charge is -2.27. The van der Waals surface area contributed by atoms with Crippen LogP contribution in [0.2, 0.25) is 0 Å². The number of benzene rings is 2. The summed E-state index contributed by atoms with van der Waals surface area (Å²) in [6, 6.07) is 13.9. The second-order valence-electron chi connectivity index (χ2n) is 10.4. The number of rotatable bonds is 9. The summed E-state index contributed by atoms with van der Waals surface area (Å²) < 4.78 is 32.0. The molecule has 38 heavy (non-hydrogen) atoms. The van der Waals surface area contributed by atoms with Crippen LogP contribution in [-0.2, 0) is 35.7 Å². The second-order valence-corrected chi connectivity index (χ2v) is 12.6. The number of sulfone groups is 1. The molecule has 0 aliphatic carbocycles. The van der Waals surface area contributed by atoms with E-state index in [1.807, 2.05) is 48.8 Å². The van der Waals surface area contributed by atoms with Crippen molar-refractivity contribution < 1.29 is 13.2 Å². The zero-order chi connectivity index (χ0) is 27.0. The van der Waals surface area contributed by atoms with Crippen molar-refractivity contribution in [1.29, 1.82) is 0 Å². The van der Waals surface area contributed by atoms with Gasteiger partial charge in [0.15, 0.2) is 9.84 Å². The molecule has 3 heterocycles. The van der Waals surface area contributed by atoms with Crippen LogP contribution in [0.3, 0.4) is 0 Å². The van der Waals surface area contributed by atoms with E-state index in [4.69, 9.17) is 4.74 Å². The maximum Gasteiger partial charge on any atom is 0.274 e. The van der Waals surface area contributed by atoms with Crippen LogP contribution < -0.4 is 15.2 Å². The Bertz CT molecular complexity index is 1650. The molecule has 4 aromatic rings. The van der Waals surface area contributed by atoms with E-state index >= 15 is 0 Å². The zero-order valence-corrected chi connectivity index (χ0v) is 23.1. The lowest BCUT2D eigenvalue weighted by molar-refractivity contribution is 0.279. The Morgan fingerprint density at radius 3 is 2.66 bits per heavy atom. The molecule has 2 aromatic heterocycles. The van der Waals surface area contributed by atoms with Gasteiger partial charge in [-0.1, -0.05) is 24.3 Å². The first-order valence-electron chi connectivity index (χ1n) is 12.7. The lowest BCUT2D eigenvalue weighted by atomic mass is 9.99. The molecule has 0 amide bonds. The highest BCUT2D eigenvalue weighted by Crippen LogP contribution is 2.42. The van der Waals surface area contributed by atoms with Crippen molar-refractivity contribution in [3.05, 3.63) is 81.9 Å². The number of hydrogen-bond acceptors (Lipinski definition) is 6. The second kappa shape index (κ2) is 10.3. The van der Waals surface area contributed by atoms with Gasteiger partial charge >= 0.3 is 0 Å². The van der Waals surface area contributed by atoms with Gasteiger partial charge in [0.2, 0.25) is 0 Å². The number of H-pyrrole nitrogens is 1. The van der Waals surface area contributed by atoms with Crippen molar-refractivity contribution in [3.63, 3.8) is 0 Å². The molecule has 200 valence electrons. The molecule has 0 unspecified atom stereocenters. The minimum Gasteiger partial charge on any atom is -0.493 e. The number of aromatic amines is 1. The van der Waals surface area contributed by atoms with Crippen LogP contribution in [0.1, 0.15) is 23.1 Å². The minimum absolute atomic E-state index is 0.0429. The Morgan fingerprint density at radius 2 is 1.89 bits per heavy atom. The molecule has 0 fully saturated rings. The van der Waals surface area contributed by atoms with E-state index in [9.17, 15) is 13.2 Å². The summed E-state index contributed by atoms with van der Waals surface area (Å²) in [5, 5.41) is 0.890. The van der Waals surface area contributed by atoms with E-state index in [0.29, 0.717) is 25.2 Å². The van der Waals surface area contributed by atoms with E-state index in [2.05, 4.69) is 34.9 Å². The van der Waals surface area contributed by atoms with Crippen LogP contribution >= 0.6 is 0 Å². The topological polar surface area (TPSA) is 87.6 Å². The Hall–Kier alpha value is -3.56. The van der Waals surface area contributed by atoms with Crippen LogP contribution in [0.25, 0.3) is 22.0 Å². The van der Waals surface area contributed by atoms with Crippen molar-refractivity contribution in [2.75, 3.05) is 38.4 Å². The molecule has 1 N–H and O–H groups in total. The number of nitrogens with one attached hydrogen (secondary N) is 1. The number of pyridine rings is 1. The quantitative estimate of drug-likeness (QED) is 0.328. The number of nitrogens with zero attached hydrogens (tertiary/aromatic N) is 3. The van der Waals surface area contributed by atoms with E-state index in [1.54, 1.807) is 11.6 Å². The SMILES string of the molecule is CN(C)CCCOc1ccccc1CN1Cc2c[nH]c3c(=O)n(C)cc(c23)-c2cc(CS(C)(=O)=O)ccc21. The average molecular weight is 535 g/mol. The van der Waals surface area contributed by atoms with Gasteiger partial charge in [-0.25, -0.2) is 8.42 Å². The molecule has 5 rings (SSSR count). The van der Waals surface area contributed by atoms with Gasteiger partial charge in [0.25, 0.3) is 5.56 Å². The maximum atomic E-state index is 12.9. The standard InChI is InChI=1S/C29H34N4O4S/c1-31(2)12-7-13-37-26-9-6-5-8-21(26)16-33-17-22-15-30-28-27(22)24(18-32(3)29(28)34)23-14-20(10-11-25(23)33)19-38(4,35)36/h5-6,8-11,14-15,18,30H,7,12-13,16-17,19H2,1-4H3. The number of anilines is 1. The number of aromatic nitrogens is 2. The Morgan fingerprint density at radius 1 is 1.11 bits per heavy atom. The van der Waals surface area contributed by atoms with Crippen LogP contribution in [-0.4, -0.2) is 56.4 Å². The highest BCUT2D eigenvalue weighted by atomic mass is 32.2. The number of aryl methyl sites for hydroxylation is 1. The molecule has 9 heteroatoms. The van der Waals surface area contributed by atoms with Gasteiger partial charge in [0.1, 0.15) is 11.3 Å². The number of hydrogen-bond donors (Lipinski definition) is 1. The van der Waals surface area contributed by atoms with Gasteiger partial charge in [-0.2, -0.15) is 0 Å². The molecule has 0 radical (unpaired) electrons. The van der Waals surface area contributed by atoms with Gasteiger partial charge in [-0.05, 0) is 49.8 Å². The number of para-hydroxylation sites is 1. The normalized spacial score (nSPS) is 13.1. The van der Waals surface area contributed by atoms with Gasteiger partial charge in [0, 0.05) is 73.1 Å². The summed E-state index contributed by atoms with van der Waals surface area (Å²) in [6.07, 6.45) is 5.95. The molecule has 0 saturated carbocycles. The largest absolute Gasteiger partial charge is 0.493 e. The fraction of sp³-hybridized carbons (Fsp3) is 0.345. The molecular formula is C29H34N4O4S. The van der Waals surface area contributed by atoms with Gasteiger partial charge < -0.3 is 24.1 Å². The fourth-order valence-corrected chi connectivity index (χ4v) is 5.99. The summed E-state index contributed by atoms with van der Waals surface area (Å²) in [5.74, 6) is 0.814. The predicted octanol–water partition coefficient (Wildman–Crippen LogP) is 3.93. The van der Waals surface area contributed by atoms with Crippen LogP contribution in [0.4, 0.5) is 5.69 Å². The van der Waals surface area contributed by atoms with Gasteiger partial charge in [0.05, 0.1) is 12.4 Å². The number of ether oxygens (including phenoxy) is 1. The molecule has 0 bridgehead atoms. The van der Waals surface area contributed by atoms with Gasteiger partial charge in [-0.3, -0.25) is 4.79 Å². The molecule has 8 nitrogen and oxygen atoms in total. The van der Waals surface area contributed by atoms with Gasteiger partial charge in [-0.15, -0.1) is 0 Å². The Balaban J connectivity index is 1.58. The van der Waals surface area contributed by atoms with Crippen molar-refractivity contribution in [3.8, 4) is 16.9 Å². The van der Waals surface area contributed by atoms with Crippen LogP contribution in [0.15, 0.2) is 59.7 Å². The molecule has 0 saturated heterocycles. The van der Waals surface area contributed by atoms with E-state index in [-0.39, 0.29) is 11.3 Å². The summed E-state index contributed by atoms with van der Waals surface area (Å²) in [4.78, 5) is 20.5. The molecule has 2 aromatic carbocycles. The summed E-state index contributed by atoms with van der Waals surface area (Å²) in [6.45, 7) is 2.78. The first-order valence-corrected chi connectivity index (χ1v) is 14.8. The molecule has 1 aliphatic heterocycles. The maximum absolute atomic E-state index is 12.9. The smallest absolute Gasteiger partial charge is 0.274 e. The van der Waals surface area contributed by atoms with Crippen molar-refractivity contribution in [1.82, 2.24) is 14.5 Å². The van der Waals surface area contributed by atoms with E-state index in [0.717, 1.165) is 57.6 Å². The molecule has 0 spiro atoms. The molecular weight excluding hydrogens is 500 g/mol. The number of fused-ring (bicyclic) bond motifs is 2. The average Bonchev–Trinajstić information content (AvgIpc) is 3.22. The monoisotopic (exact) mass is 534 g/mol. The van der Waals surface area contributed by atoms with Crippen molar-refractivity contribution in [2.45, 2.75) is 25.3 Å². The zero-order valence-electron chi connectivity index (χ0n) is 22.3. The van der Waals surface area contributed by atoms with Crippen LogP contribution in [0.5, 0.6) is 5.75 Å². The Labute approximate surface area is 223 Å². The summed E-state index contributed by atoms with van der Waals surface area (Å²) in [5.41, 5.74) is 6.10. The summed E-state index contributed by atoms with van der Waals surface area (Å²) >= 11 is 0. The molecule has 1 aliphatic rings. The summed E-state index contributed by atoms with van der Waals surface area (Å²) in [7, 11) is 2.64. The lowest BCUT2D eigenvalue weighted by Crippen LogP contribution is -2.22. The first-order chi connectivity index (χ1) is 18.1. The van der Waals surface area contributed by atoms with E-state index < -0.39 is 9.84 Å². The highest BCUT2D eigenvalue weighted by Gasteiger charge is 2.26. The predicted molar refractivity (Wildman–Crippen MR) is 153 cm³/mol. The van der Waals surface area contributed by atoms with Crippen molar-refractivity contribution in [2.24, 2.45) is 7.05 Å². The van der Waals surface area contributed by atoms with Crippen molar-refractivity contribution >= 4 is 26.4 Å². The highest BCUT2D eigenvalue weighted by molar-refractivity contribution is 7.89. The Kier molecular flexibility index (Phi) is 7.07. The third-order valence-electron chi connectivity index (χ3n) is 6.91. The van der Waals surface area contributed by atoms with E-state index in [1.165, 1.54) is 6.26 Å². The third kappa shape index (κ3) is 5.35. The third-order valence-corrected chi connectivity index (χ3v) is 7.77. The molecule has 0 atom stereocenters.